The van der Waals surface area contributed by atoms with Gasteiger partial charge in [-0.15, -0.1) is 0 Å². The predicted molar refractivity (Wildman–Crippen MR) is 64.4 cm³/mol. The van der Waals surface area contributed by atoms with Crippen LogP contribution < -0.4 is 0 Å². The van der Waals surface area contributed by atoms with E-state index in [0.717, 1.165) is 6.42 Å². The Bertz CT molecular complexity index is 297. The van der Waals surface area contributed by atoms with Crippen molar-refractivity contribution in [2.75, 3.05) is 26.2 Å². The van der Waals surface area contributed by atoms with Gasteiger partial charge in [0.25, 0.3) is 0 Å². The maximum Gasteiger partial charge on any atom is 0.312 e. The number of carbonyl (C=O) groups is 2. The molecule has 0 atom stereocenters. The summed E-state index contributed by atoms with van der Waals surface area (Å²) in [6, 6.07) is 0. The molecule has 1 aliphatic rings. The van der Waals surface area contributed by atoms with Crippen molar-refractivity contribution in [2.45, 2.75) is 39.2 Å². The molecular formula is C12H22N2O3. The monoisotopic (exact) mass is 242 g/mol. The molecule has 0 aromatic heterocycles. The second-order valence-electron chi connectivity index (χ2n) is 5.15. The summed E-state index contributed by atoms with van der Waals surface area (Å²) >= 11 is 0. The van der Waals surface area contributed by atoms with Gasteiger partial charge < -0.3 is 14.9 Å². The minimum Gasteiger partial charge on any atom is -0.390 e. The first-order valence-corrected chi connectivity index (χ1v) is 6.15. The van der Waals surface area contributed by atoms with Crippen LogP contribution in [0.25, 0.3) is 0 Å². The quantitative estimate of drug-likeness (QED) is 0.702. The van der Waals surface area contributed by atoms with Crippen molar-refractivity contribution in [3.8, 4) is 0 Å². The number of rotatable bonds is 5. The molecule has 0 aromatic rings. The normalized spacial score (nSPS) is 17.9. The van der Waals surface area contributed by atoms with Gasteiger partial charge in [0, 0.05) is 26.2 Å². The fourth-order valence-electron chi connectivity index (χ4n) is 1.82. The van der Waals surface area contributed by atoms with E-state index in [2.05, 4.69) is 0 Å². The third kappa shape index (κ3) is 4.00. The standard InChI is InChI=1S/C12H22N2O3/c1-4-6-13-8-9-14(11(16)10(13)15)7-5-12(2,3)17/h17H,4-9H2,1-3H3. The summed E-state index contributed by atoms with van der Waals surface area (Å²) in [6.07, 6.45) is 1.35. The average molecular weight is 242 g/mol. The fourth-order valence-corrected chi connectivity index (χ4v) is 1.82. The number of piperazine rings is 1. The maximum atomic E-state index is 11.8. The predicted octanol–water partition coefficient (Wildman–Crippen LogP) is 0.228. The Hall–Kier alpha value is -1.10. The first-order valence-electron chi connectivity index (χ1n) is 6.15. The van der Waals surface area contributed by atoms with Crippen LogP contribution in [0.4, 0.5) is 0 Å². The second kappa shape index (κ2) is 5.49. The van der Waals surface area contributed by atoms with E-state index >= 15 is 0 Å². The summed E-state index contributed by atoms with van der Waals surface area (Å²) in [6.45, 7) is 7.64. The van der Waals surface area contributed by atoms with Crippen LogP contribution in [0.3, 0.4) is 0 Å². The van der Waals surface area contributed by atoms with Crippen molar-refractivity contribution >= 4 is 11.8 Å². The van der Waals surface area contributed by atoms with Gasteiger partial charge in [-0.1, -0.05) is 6.92 Å². The summed E-state index contributed by atoms with van der Waals surface area (Å²) in [5.41, 5.74) is -0.802. The molecule has 1 rings (SSSR count). The van der Waals surface area contributed by atoms with Crippen molar-refractivity contribution < 1.29 is 14.7 Å². The summed E-state index contributed by atoms with van der Waals surface area (Å²) in [5.74, 6) is -0.845. The summed E-state index contributed by atoms with van der Waals surface area (Å²) in [4.78, 5) is 26.6. The molecule has 0 saturated carbocycles. The SMILES string of the molecule is CCCN1CCN(CCC(C)(C)O)C(=O)C1=O. The van der Waals surface area contributed by atoms with Gasteiger partial charge in [-0.05, 0) is 26.7 Å². The van der Waals surface area contributed by atoms with E-state index in [9.17, 15) is 14.7 Å². The van der Waals surface area contributed by atoms with E-state index in [1.165, 1.54) is 4.90 Å². The number of carbonyl (C=O) groups excluding carboxylic acids is 2. The molecule has 0 unspecified atom stereocenters. The number of nitrogens with zero attached hydrogens (tertiary/aromatic N) is 2. The lowest BCUT2D eigenvalue weighted by atomic mass is 10.1. The molecule has 98 valence electrons. The van der Waals surface area contributed by atoms with Gasteiger partial charge in [-0.2, -0.15) is 0 Å². The molecule has 1 N–H and O–H groups in total. The Balaban J connectivity index is 2.51. The van der Waals surface area contributed by atoms with Gasteiger partial charge in [-0.3, -0.25) is 9.59 Å². The minimum absolute atomic E-state index is 0.408. The maximum absolute atomic E-state index is 11.8. The molecule has 1 heterocycles. The van der Waals surface area contributed by atoms with E-state index in [0.29, 0.717) is 32.6 Å². The van der Waals surface area contributed by atoms with Gasteiger partial charge >= 0.3 is 11.8 Å². The zero-order valence-corrected chi connectivity index (χ0v) is 10.9. The van der Waals surface area contributed by atoms with E-state index < -0.39 is 17.4 Å². The molecule has 17 heavy (non-hydrogen) atoms. The second-order valence-corrected chi connectivity index (χ2v) is 5.15. The molecule has 1 saturated heterocycles. The average Bonchev–Trinajstić information content (AvgIpc) is 2.23. The number of hydrogen-bond acceptors (Lipinski definition) is 3. The lowest BCUT2D eigenvalue weighted by Crippen LogP contribution is -2.55. The molecular weight excluding hydrogens is 220 g/mol. The van der Waals surface area contributed by atoms with Crippen LogP contribution in [-0.4, -0.2) is 58.5 Å². The zero-order chi connectivity index (χ0) is 13.1. The van der Waals surface area contributed by atoms with Crippen molar-refractivity contribution in [3.05, 3.63) is 0 Å². The molecule has 1 aliphatic heterocycles. The zero-order valence-electron chi connectivity index (χ0n) is 10.9. The van der Waals surface area contributed by atoms with E-state index in [1.54, 1.807) is 18.7 Å². The third-order valence-corrected chi connectivity index (χ3v) is 2.88. The molecule has 5 heteroatoms. The van der Waals surface area contributed by atoms with Crippen molar-refractivity contribution in [3.63, 3.8) is 0 Å². The molecule has 1 fully saturated rings. The van der Waals surface area contributed by atoms with Gasteiger partial charge in [0.05, 0.1) is 5.60 Å². The van der Waals surface area contributed by atoms with E-state index in [1.807, 2.05) is 6.92 Å². The van der Waals surface area contributed by atoms with Gasteiger partial charge in [0.1, 0.15) is 0 Å². The largest absolute Gasteiger partial charge is 0.390 e. The summed E-state index contributed by atoms with van der Waals surface area (Å²) in [5, 5.41) is 9.60. The van der Waals surface area contributed by atoms with Crippen LogP contribution in [0.1, 0.15) is 33.6 Å². The van der Waals surface area contributed by atoms with Crippen LogP contribution in [0, 0.1) is 0 Å². The van der Waals surface area contributed by atoms with Crippen molar-refractivity contribution in [1.82, 2.24) is 9.80 Å². The van der Waals surface area contributed by atoms with Crippen LogP contribution >= 0.6 is 0 Å². The molecule has 0 spiro atoms. The highest BCUT2D eigenvalue weighted by Crippen LogP contribution is 2.11. The third-order valence-electron chi connectivity index (χ3n) is 2.88. The summed E-state index contributed by atoms with van der Waals surface area (Å²) < 4.78 is 0. The molecule has 5 nitrogen and oxygen atoms in total. The Labute approximate surface area is 102 Å². The minimum atomic E-state index is -0.802. The highest BCUT2D eigenvalue weighted by molar-refractivity contribution is 6.35. The van der Waals surface area contributed by atoms with Gasteiger partial charge in [-0.25, -0.2) is 0 Å². The van der Waals surface area contributed by atoms with Crippen LogP contribution in [0.2, 0.25) is 0 Å². The Kier molecular flexibility index (Phi) is 4.51. The summed E-state index contributed by atoms with van der Waals surface area (Å²) in [7, 11) is 0. The highest BCUT2D eigenvalue weighted by Gasteiger charge is 2.32. The Morgan fingerprint density at radius 1 is 1.12 bits per heavy atom. The number of amides is 2. The van der Waals surface area contributed by atoms with Crippen molar-refractivity contribution in [1.29, 1.82) is 0 Å². The lowest BCUT2D eigenvalue weighted by molar-refractivity contribution is -0.156. The fraction of sp³-hybridized carbons (Fsp3) is 0.833. The van der Waals surface area contributed by atoms with Gasteiger partial charge in [0.2, 0.25) is 0 Å². The Morgan fingerprint density at radius 2 is 1.59 bits per heavy atom. The van der Waals surface area contributed by atoms with E-state index in [-0.39, 0.29) is 0 Å². The number of aliphatic hydroxyl groups is 1. The molecule has 0 aromatic carbocycles. The molecule has 0 radical (unpaired) electrons. The lowest BCUT2D eigenvalue weighted by Gasteiger charge is -2.34. The van der Waals surface area contributed by atoms with E-state index in [4.69, 9.17) is 0 Å². The highest BCUT2D eigenvalue weighted by atomic mass is 16.3. The van der Waals surface area contributed by atoms with Crippen LogP contribution in [-0.2, 0) is 9.59 Å². The molecule has 0 bridgehead atoms. The smallest absolute Gasteiger partial charge is 0.312 e. The molecule has 2 amide bonds. The van der Waals surface area contributed by atoms with Gasteiger partial charge in [0.15, 0.2) is 0 Å². The Morgan fingerprint density at radius 3 is 2.00 bits per heavy atom. The number of hydrogen-bond donors (Lipinski definition) is 1. The topological polar surface area (TPSA) is 60.9 Å². The first kappa shape index (κ1) is 14.0. The first-order chi connectivity index (χ1) is 7.85. The van der Waals surface area contributed by atoms with Crippen LogP contribution in [0.5, 0.6) is 0 Å². The van der Waals surface area contributed by atoms with Crippen molar-refractivity contribution in [2.24, 2.45) is 0 Å². The molecule has 0 aliphatic carbocycles. The van der Waals surface area contributed by atoms with Crippen LogP contribution in [0.15, 0.2) is 0 Å².